The highest BCUT2D eigenvalue weighted by Gasteiger charge is 2.20. The zero-order valence-corrected chi connectivity index (χ0v) is 12.4. The van der Waals surface area contributed by atoms with Crippen LogP contribution in [0, 0.1) is 0 Å². The van der Waals surface area contributed by atoms with E-state index in [-0.39, 0.29) is 19.1 Å². The van der Waals surface area contributed by atoms with E-state index in [1.54, 1.807) is 12.3 Å². The average Bonchev–Trinajstić information content (AvgIpc) is 3.09. The van der Waals surface area contributed by atoms with E-state index >= 15 is 0 Å². The Morgan fingerprint density at radius 1 is 1.57 bits per heavy atom. The molecule has 6 heteroatoms. The van der Waals surface area contributed by atoms with Crippen molar-refractivity contribution < 1.29 is 9.90 Å². The van der Waals surface area contributed by atoms with Gasteiger partial charge in [0.2, 0.25) is 5.91 Å². The van der Waals surface area contributed by atoms with Crippen LogP contribution in [0.5, 0.6) is 0 Å². The topological polar surface area (TPSA) is 70.4 Å². The summed E-state index contributed by atoms with van der Waals surface area (Å²) in [4.78, 5) is 14.0. The van der Waals surface area contributed by atoms with E-state index in [1.807, 2.05) is 15.6 Å². The Morgan fingerprint density at radius 3 is 3.00 bits per heavy atom. The Morgan fingerprint density at radius 2 is 2.33 bits per heavy atom. The van der Waals surface area contributed by atoms with Gasteiger partial charge in [-0.3, -0.25) is 9.69 Å². The lowest BCUT2D eigenvalue weighted by molar-refractivity contribution is -0.117. The standard InChI is InChI=1S/C15H24N4O2/c1-2-9-18(10-11-20)12-15(21)17-14-7-8-16-19(14)13-5-3-4-6-13/h2,7-8,13,20H,1,3-6,9-12H2,(H,17,21). The van der Waals surface area contributed by atoms with Crippen molar-refractivity contribution in [2.24, 2.45) is 0 Å². The third kappa shape index (κ3) is 4.41. The van der Waals surface area contributed by atoms with Gasteiger partial charge in [-0.15, -0.1) is 6.58 Å². The van der Waals surface area contributed by atoms with E-state index in [0.29, 0.717) is 19.1 Å². The van der Waals surface area contributed by atoms with Crippen LogP contribution in [0.2, 0.25) is 0 Å². The molecule has 1 aromatic heterocycles. The Kier molecular flexibility index (Phi) is 5.95. The van der Waals surface area contributed by atoms with Crippen LogP contribution in [-0.4, -0.2) is 51.9 Å². The first-order valence-electron chi connectivity index (χ1n) is 7.52. The number of aliphatic hydroxyl groups excluding tert-OH is 1. The minimum absolute atomic E-state index is 0.0289. The van der Waals surface area contributed by atoms with Crippen LogP contribution in [0.25, 0.3) is 0 Å². The molecule has 1 aromatic rings. The number of carbonyl (C=O) groups excluding carboxylic acids is 1. The quantitative estimate of drug-likeness (QED) is 0.711. The summed E-state index contributed by atoms with van der Waals surface area (Å²) in [6, 6.07) is 2.23. The molecule has 0 aromatic carbocycles. The average molecular weight is 292 g/mol. The minimum Gasteiger partial charge on any atom is -0.395 e. The number of hydrogen-bond donors (Lipinski definition) is 2. The monoisotopic (exact) mass is 292 g/mol. The fraction of sp³-hybridized carbons (Fsp3) is 0.600. The Labute approximate surface area is 125 Å². The van der Waals surface area contributed by atoms with Crippen molar-refractivity contribution in [3.8, 4) is 0 Å². The first-order valence-corrected chi connectivity index (χ1v) is 7.52. The maximum atomic E-state index is 12.1. The van der Waals surface area contributed by atoms with Gasteiger partial charge in [-0.05, 0) is 12.8 Å². The number of anilines is 1. The molecule has 0 spiro atoms. The van der Waals surface area contributed by atoms with Crippen molar-refractivity contribution in [3.63, 3.8) is 0 Å². The fourth-order valence-electron chi connectivity index (χ4n) is 2.80. The fourth-order valence-corrected chi connectivity index (χ4v) is 2.80. The molecule has 1 heterocycles. The van der Waals surface area contributed by atoms with Gasteiger partial charge < -0.3 is 10.4 Å². The van der Waals surface area contributed by atoms with E-state index < -0.39 is 0 Å². The normalized spacial score (nSPS) is 15.5. The zero-order chi connectivity index (χ0) is 15.1. The van der Waals surface area contributed by atoms with Gasteiger partial charge in [-0.25, -0.2) is 4.68 Å². The number of rotatable bonds is 8. The number of nitrogens with one attached hydrogen (secondary N) is 1. The molecule has 6 nitrogen and oxygen atoms in total. The lowest BCUT2D eigenvalue weighted by Gasteiger charge is -2.19. The summed E-state index contributed by atoms with van der Waals surface area (Å²) in [6.07, 6.45) is 8.15. The highest BCUT2D eigenvalue weighted by molar-refractivity contribution is 5.91. The van der Waals surface area contributed by atoms with E-state index in [9.17, 15) is 4.79 Å². The maximum Gasteiger partial charge on any atom is 0.239 e. The van der Waals surface area contributed by atoms with Crippen molar-refractivity contribution in [2.75, 3.05) is 31.6 Å². The van der Waals surface area contributed by atoms with Gasteiger partial charge in [0.15, 0.2) is 0 Å². The minimum atomic E-state index is -0.0925. The lowest BCUT2D eigenvalue weighted by atomic mass is 10.2. The van der Waals surface area contributed by atoms with Crippen LogP contribution in [0.4, 0.5) is 5.82 Å². The molecule has 2 N–H and O–H groups in total. The van der Waals surface area contributed by atoms with Crippen LogP contribution in [0.1, 0.15) is 31.7 Å². The number of nitrogens with zero attached hydrogens (tertiary/aromatic N) is 3. The van der Waals surface area contributed by atoms with Crippen LogP contribution in [0.15, 0.2) is 24.9 Å². The van der Waals surface area contributed by atoms with Gasteiger partial charge >= 0.3 is 0 Å². The number of aromatic nitrogens is 2. The predicted octanol–water partition coefficient (Wildman–Crippen LogP) is 1.42. The molecular weight excluding hydrogens is 268 g/mol. The second kappa shape index (κ2) is 7.95. The summed E-state index contributed by atoms with van der Waals surface area (Å²) in [7, 11) is 0. The zero-order valence-electron chi connectivity index (χ0n) is 12.4. The molecule has 0 bridgehead atoms. The first-order chi connectivity index (χ1) is 10.2. The van der Waals surface area contributed by atoms with Crippen LogP contribution >= 0.6 is 0 Å². The van der Waals surface area contributed by atoms with Crippen molar-refractivity contribution in [2.45, 2.75) is 31.7 Å². The van der Waals surface area contributed by atoms with Gasteiger partial charge in [-0.2, -0.15) is 5.10 Å². The van der Waals surface area contributed by atoms with Gasteiger partial charge in [0.05, 0.1) is 25.4 Å². The van der Waals surface area contributed by atoms with E-state index in [2.05, 4.69) is 17.0 Å². The van der Waals surface area contributed by atoms with E-state index in [1.165, 1.54) is 12.8 Å². The molecular formula is C15H24N4O2. The Hall–Kier alpha value is -1.66. The molecule has 1 amide bonds. The van der Waals surface area contributed by atoms with Gasteiger partial charge in [0, 0.05) is 19.2 Å². The van der Waals surface area contributed by atoms with Crippen molar-refractivity contribution in [1.29, 1.82) is 0 Å². The summed E-state index contributed by atoms with van der Waals surface area (Å²) >= 11 is 0. The SMILES string of the molecule is C=CCN(CCO)CC(=O)Nc1ccnn1C1CCCC1. The molecule has 2 rings (SSSR count). The van der Waals surface area contributed by atoms with Gasteiger partial charge in [-0.1, -0.05) is 18.9 Å². The first kappa shape index (κ1) is 15.7. The van der Waals surface area contributed by atoms with E-state index in [0.717, 1.165) is 18.7 Å². The van der Waals surface area contributed by atoms with Crippen LogP contribution in [-0.2, 0) is 4.79 Å². The van der Waals surface area contributed by atoms with E-state index in [4.69, 9.17) is 5.11 Å². The number of hydrogen-bond acceptors (Lipinski definition) is 4. The largest absolute Gasteiger partial charge is 0.395 e. The molecule has 1 saturated carbocycles. The molecule has 0 unspecified atom stereocenters. The van der Waals surface area contributed by atoms with Crippen molar-refractivity contribution >= 4 is 11.7 Å². The third-order valence-electron chi connectivity index (χ3n) is 3.78. The molecule has 116 valence electrons. The summed E-state index contributed by atoms with van der Waals surface area (Å²) < 4.78 is 1.93. The summed E-state index contributed by atoms with van der Waals surface area (Å²) in [5.41, 5.74) is 0. The van der Waals surface area contributed by atoms with Gasteiger partial charge in [0.1, 0.15) is 5.82 Å². The summed E-state index contributed by atoms with van der Waals surface area (Å²) in [6.45, 7) is 4.97. The van der Waals surface area contributed by atoms with Crippen molar-refractivity contribution in [3.05, 3.63) is 24.9 Å². The maximum absolute atomic E-state index is 12.1. The highest BCUT2D eigenvalue weighted by Crippen LogP contribution is 2.31. The smallest absolute Gasteiger partial charge is 0.239 e. The molecule has 0 atom stereocenters. The molecule has 1 aliphatic carbocycles. The van der Waals surface area contributed by atoms with Crippen LogP contribution in [0.3, 0.4) is 0 Å². The molecule has 0 aliphatic heterocycles. The number of carbonyl (C=O) groups is 1. The van der Waals surface area contributed by atoms with Crippen molar-refractivity contribution in [1.82, 2.24) is 14.7 Å². The predicted molar refractivity (Wildman–Crippen MR) is 82.1 cm³/mol. The van der Waals surface area contributed by atoms with Gasteiger partial charge in [0.25, 0.3) is 0 Å². The lowest BCUT2D eigenvalue weighted by Crippen LogP contribution is -2.35. The molecule has 21 heavy (non-hydrogen) atoms. The molecule has 1 aliphatic rings. The Balaban J connectivity index is 1.93. The number of amides is 1. The Bertz CT molecular complexity index is 466. The molecule has 0 saturated heterocycles. The second-order valence-corrected chi connectivity index (χ2v) is 5.39. The summed E-state index contributed by atoms with van der Waals surface area (Å²) in [5, 5.41) is 16.3. The number of aliphatic hydroxyl groups is 1. The molecule has 0 radical (unpaired) electrons. The second-order valence-electron chi connectivity index (χ2n) is 5.39. The highest BCUT2D eigenvalue weighted by atomic mass is 16.3. The molecule has 1 fully saturated rings. The summed E-state index contributed by atoms with van der Waals surface area (Å²) in [5.74, 6) is 0.666. The third-order valence-corrected chi connectivity index (χ3v) is 3.78. The van der Waals surface area contributed by atoms with Crippen LogP contribution < -0.4 is 5.32 Å².